The van der Waals surface area contributed by atoms with Gasteiger partial charge in [0.05, 0.1) is 16.9 Å². The normalized spacial score (nSPS) is 13.7. The van der Waals surface area contributed by atoms with Crippen LogP contribution in [0.4, 0.5) is 25.8 Å². The van der Waals surface area contributed by atoms with E-state index in [1.54, 1.807) is 36.4 Å². The number of anilines is 3. The summed E-state index contributed by atoms with van der Waals surface area (Å²) in [4.78, 5) is 26.0. The number of carbonyl (C=O) groups excluding carboxylic acids is 1. The monoisotopic (exact) mass is 527 g/mol. The lowest BCUT2D eigenvalue weighted by atomic mass is 10.0. The Bertz CT molecular complexity index is 1650. The van der Waals surface area contributed by atoms with Gasteiger partial charge < -0.3 is 10.2 Å². The van der Waals surface area contributed by atoms with Gasteiger partial charge in [-0.2, -0.15) is 5.10 Å². The molecule has 1 heterocycles. The minimum absolute atomic E-state index is 0.0391. The van der Waals surface area contributed by atoms with Crippen LogP contribution in [0.15, 0.2) is 84.0 Å². The molecular formula is C30H23F2N3O4. The van der Waals surface area contributed by atoms with Crippen molar-refractivity contribution in [2.45, 2.75) is 19.8 Å². The van der Waals surface area contributed by atoms with E-state index in [0.717, 1.165) is 16.5 Å². The number of para-hydroxylation sites is 1. The van der Waals surface area contributed by atoms with Crippen LogP contribution < -0.4 is 10.3 Å². The van der Waals surface area contributed by atoms with Gasteiger partial charge in [0.2, 0.25) is 0 Å². The highest BCUT2D eigenvalue weighted by molar-refractivity contribution is 6.55. The van der Waals surface area contributed by atoms with Gasteiger partial charge in [0.15, 0.2) is 11.5 Å². The SMILES string of the molecule is CC(C)c1ccc(N2C(=O)/C(=N\Nc3cccc(-c4cccc(C(=O)O)c4)c3O)c3cc(F)cc(F)c32)cc1. The average Bonchev–Trinajstić information content (AvgIpc) is 3.19. The molecule has 7 nitrogen and oxygen atoms in total. The van der Waals surface area contributed by atoms with E-state index in [2.05, 4.69) is 10.5 Å². The summed E-state index contributed by atoms with van der Waals surface area (Å²) in [7, 11) is 0. The smallest absolute Gasteiger partial charge is 0.335 e. The number of fused-ring (bicyclic) bond motifs is 1. The highest BCUT2D eigenvalue weighted by Gasteiger charge is 2.38. The fourth-order valence-corrected chi connectivity index (χ4v) is 4.46. The molecule has 0 unspecified atom stereocenters. The minimum atomic E-state index is -1.11. The van der Waals surface area contributed by atoms with Gasteiger partial charge in [-0.3, -0.25) is 15.1 Å². The molecule has 4 aromatic rings. The first kappa shape index (κ1) is 25.6. The summed E-state index contributed by atoms with van der Waals surface area (Å²) < 4.78 is 29.2. The molecule has 0 bridgehead atoms. The number of rotatable bonds is 6. The maximum atomic E-state index is 15.0. The van der Waals surface area contributed by atoms with Crippen LogP contribution in [-0.4, -0.2) is 27.8 Å². The molecule has 0 fully saturated rings. The number of hydrogen-bond acceptors (Lipinski definition) is 5. The first-order chi connectivity index (χ1) is 18.7. The van der Waals surface area contributed by atoms with Crippen LogP contribution in [0.3, 0.4) is 0 Å². The van der Waals surface area contributed by atoms with Gasteiger partial charge in [-0.25, -0.2) is 13.6 Å². The maximum absolute atomic E-state index is 15.0. The predicted molar refractivity (Wildman–Crippen MR) is 145 cm³/mol. The van der Waals surface area contributed by atoms with Crippen LogP contribution in [0.5, 0.6) is 5.75 Å². The molecule has 0 radical (unpaired) electrons. The third kappa shape index (κ3) is 4.70. The number of aromatic carboxylic acids is 1. The third-order valence-electron chi connectivity index (χ3n) is 6.48. The highest BCUT2D eigenvalue weighted by Crippen LogP contribution is 2.40. The van der Waals surface area contributed by atoms with Crippen molar-refractivity contribution < 1.29 is 28.6 Å². The van der Waals surface area contributed by atoms with E-state index >= 15 is 4.39 Å². The Labute approximate surface area is 222 Å². The Hall–Kier alpha value is -5.05. The van der Waals surface area contributed by atoms with Crippen molar-refractivity contribution in [3.63, 3.8) is 0 Å². The van der Waals surface area contributed by atoms with E-state index in [9.17, 15) is 24.2 Å². The third-order valence-corrected chi connectivity index (χ3v) is 6.48. The molecule has 1 aliphatic rings. The molecule has 4 aromatic carbocycles. The fraction of sp³-hybridized carbons (Fsp3) is 0.100. The highest BCUT2D eigenvalue weighted by atomic mass is 19.1. The standard InChI is InChI=1S/C30H23F2N3O4/c1-16(2)17-9-11-21(12-10-17)35-27-23(14-20(31)15-24(27)32)26(29(35)37)34-33-25-8-4-7-22(28(25)36)18-5-3-6-19(13-18)30(38)39/h3-16,33,36H,1-2H3,(H,38,39)/b34-26-. The van der Waals surface area contributed by atoms with Crippen LogP contribution in [0.2, 0.25) is 0 Å². The van der Waals surface area contributed by atoms with E-state index in [4.69, 9.17) is 0 Å². The molecule has 0 aromatic heterocycles. The van der Waals surface area contributed by atoms with Crippen molar-refractivity contribution in [3.05, 3.63) is 107 Å². The Morgan fingerprint density at radius 2 is 1.67 bits per heavy atom. The summed E-state index contributed by atoms with van der Waals surface area (Å²) in [6.07, 6.45) is 0. The Kier molecular flexibility index (Phi) is 6.57. The molecule has 0 aliphatic carbocycles. The number of nitrogens with one attached hydrogen (secondary N) is 1. The maximum Gasteiger partial charge on any atom is 0.335 e. The number of hydrazone groups is 1. The Morgan fingerprint density at radius 3 is 2.36 bits per heavy atom. The molecule has 5 rings (SSSR count). The lowest BCUT2D eigenvalue weighted by Gasteiger charge is -2.18. The number of carbonyl (C=O) groups is 2. The van der Waals surface area contributed by atoms with Crippen LogP contribution >= 0.6 is 0 Å². The predicted octanol–water partition coefficient (Wildman–Crippen LogP) is 6.65. The van der Waals surface area contributed by atoms with E-state index in [1.165, 1.54) is 18.2 Å². The van der Waals surface area contributed by atoms with E-state index in [-0.39, 0.29) is 39.9 Å². The molecule has 0 spiro atoms. The number of halogens is 2. The van der Waals surface area contributed by atoms with E-state index in [0.29, 0.717) is 22.9 Å². The number of carboxylic acid groups (broad SMARTS) is 1. The number of benzene rings is 4. The number of phenols is 1. The molecule has 9 heteroatoms. The molecule has 3 N–H and O–H groups in total. The summed E-state index contributed by atoms with van der Waals surface area (Å²) in [5.74, 6) is -3.57. The molecule has 0 saturated heterocycles. The molecule has 196 valence electrons. The fourth-order valence-electron chi connectivity index (χ4n) is 4.46. The minimum Gasteiger partial charge on any atom is -0.505 e. The number of hydrogen-bond donors (Lipinski definition) is 3. The molecule has 0 saturated carbocycles. The molecule has 39 heavy (non-hydrogen) atoms. The van der Waals surface area contributed by atoms with Crippen molar-refractivity contribution in [1.82, 2.24) is 0 Å². The topological polar surface area (TPSA) is 102 Å². The van der Waals surface area contributed by atoms with Crippen molar-refractivity contribution >= 4 is 34.7 Å². The zero-order valence-electron chi connectivity index (χ0n) is 20.9. The van der Waals surface area contributed by atoms with Gasteiger partial charge >= 0.3 is 5.97 Å². The number of amides is 1. The van der Waals surface area contributed by atoms with Gasteiger partial charge in [0.1, 0.15) is 11.6 Å². The second kappa shape index (κ2) is 10.0. The first-order valence-electron chi connectivity index (χ1n) is 12.1. The van der Waals surface area contributed by atoms with Crippen LogP contribution in [0, 0.1) is 11.6 Å². The van der Waals surface area contributed by atoms with Crippen molar-refractivity contribution in [2.75, 3.05) is 10.3 Å². The van der Waals surface area contributed by atoms with Gasteiger partial charge in [0.25, 0.3) is 5.91 Å². The van der Waals surface area contributed by atoms with Crippen molar-refractivity contribution in [2.24, 2.45) is 5.10 Å². The summed E-state index contributed by atoms with van der Waals surface area (Å²) in [6.45, 7) is 4.05. The van der Waals surface area contributed by atoms with Crippen LogP contribution in [-0.2, 0) is 4.79 Å². The van der Waals surface area contributed by atoms with Crippen LogP contribution in [0.1, 0.15) is 41.3 Å². The second-order valence-corrected chi connectivity index (χ2v) is 9.33. The molecule has 0 atom stereocenters. The number of nitrogens with zero attached hydrogens (tertiary/aromatic N) is 2. The Balaban J connectivity index is 1.54. The zero-order chi connectivity index (χ0) is 27.8. The van der Waals surface area contributed by atoms with Gasteiger partial charge in [0, 0.05) is 22.9 Å². The average molecular weight is 528 g/mol. The lowest BCUT2D eigenvalue weighted by molar-refractivity contribution is -0.111. The van der Waals surface area contributed by atoms with Gasteiger partial charge in [-0.05, 0) is 53.4 Å². The number of aromatic hydroxyl groups is 1. The summed E-state index contributed by atoms with van der Waals surface area (Å²) in [5.41, 5.74) is 4.58. The van der Waals surface area contributed by atoms with Crippen molar-refractivity contribution in [3.8, 4) is 16.9 Å². The number of phenolic OH excluding ortho intramolecular Hbond substituents is 1. The lowest BCUT2D eigenvalue weighted by Crippen LogP contribution is -2.26. The summed E-state index contributed by atoms with van der Waals surface area (Å²) >= 11 is 0. The first-order valence-corrected chi connectivity index (χ1v) is 12.1. The zero-order valence-corrected chi connectivity index (χ0v) is 20.9. The molecular weight excluding hydrogens is 504 g/mol. The van der Waals surface area contributed by atoms with Crippen molar-refractivity contribution in [1.29, 1.82) is 0 Å². The summed E-state index contributed by atoms with van der Waals surface area (Å²) in [6, 6.07) is 19.5. The van der Waals surface area contributed by atoms with Crippen LogP contribution in [0.25, 0.3) is 11.1 Å². The number of carboxylic acids is 1. The summed E-state index contributed by atoms with van der Waals surface area (Å²) in [5, 5.41) is 24.3. The quantitative estimate of drug-likeness (QED) is 0.192. The van der Waals surface area contributed by atoms with Gasteiger partial charge in [-0.15, -0.1) is 0 Å². The second-order valence-electron chi connectivity index (χ2n) is 9.33. The Morgan fingerprint density at radius 1 is 0.949 bits per heavy atom. The largest absolute Gasteiger partial charge is 0.505 e. The van der Waals surface area contributed by atoms with E-state index in [1.807, 2.05) is 26.0 Å². The molecule has 1 aliphatic heterocycles. The molecule has 1 amide bonds. The van der Waals surface area contributed by atoms with Gasteiger partial charge in [-0.1, -0.05) is 50.2 Å². The van der Waals surface area contributed by atoms with E-state index < -0.39 is 23.5 Å².